The lowest BCUT2D eigenvalue weighted by molar-refractivity contribution is 0.102. The van der Waals surface area contributed by atoms with Crippen molar-refractivity contribution in [3.8, 4) is 5.69 Å². The van der Waals surface area contributed by atoms with Crippen LogP contribution in [0.5, 0.6) is 0 Å². The lowest BCUT2D eigenvalue weighted by Crippen LogP contribution is -2.24. The third-order valence-corrected chi connectivity index (χ3v) is 9.49. The number of nitrogens with zero attached hydrogens (tertiary/aromatic N) is 3. The summed E-state index contributed by atoms with van der Waals surface area (Å²) in [5.74, 6) is 0.862. The Balaban J connectivity index is 1.45. The van der Waals surface area contributed by atoms with E-state index in [-0.39, 0.29) is 17.1 Å². The number of aryl methyl sites for hydroxylation is 2. The van der Waals surface area contributed by atoms with Crippen LogP contribution in [-0.4, -0.2) is 25.7 Å². The number of hydrogen-bond acceptors (Lipinski definition) is 5. The fourth-order valence-electron chi connectivity index (χ4n) is 5.05. The summed E-state index contributed by atoms with van der Waals surface area (Å²) in [6, 6.07) is 10.00. The fraction of sp³-hybridized carbons (Fsp3) is 0.321. The molecule has 0 unspecified atom stereocenters. The van der Waals surface area contributed by atoms with Crippen LogP contribution in [0.2, 0.25) is 0 Å². The Kier molecular flexibility index (Phi) is 7.12. The van der Waals surface area contributed by atoms with E-state index in [2.05, 4.69) is 34.0 Å². The van der Waals surface area contributed by atoms with E-state index >= 15 is 0 Å². The number of allylic oxidation sites excluding steroid dienone is 1. The lowest BCUT2D eigenvalue weighted by atomic mass is 9.89. The second kappa shape index (κ2) is 10.1. The van der Waals surface area contributed by atoms with Crippen molar-refractivity contribution in [3.63, 3.8) is 0 Å². The number of carbonyl (C=O) groups excluding carboxylic acids is 1. The van der Waals surface area contributed by atoms with E-state index in [1.165, 1.54) is 22.2 Å². The third kappa shape index (κ3) is 4.55. The molecule has 4 aromatic rings. The number of thiophene rings is 1. The van der Waals surface area contributed by atoms with Crippen LogP contribution < -0.4 is 5.56 Å². The summed E-state index contributed by atoms with van der Waals surface area (Å²) in [5.41, 5.74) is 4.79. The second-order valence-electron chi connectivity index (χ2n) is 9.44. The van der Waals surface area contributed by atoms with Crippen LogP contribution in [0.4, 0.5) is 0 Å². The first-order valence-electron chi connectivity index (χ1n) is 12.0. The van der Waals surface area contributed by atoms with Crippen molar-refractivity contribution in [2.24, 2.45) is 5.92 Å². The maximum absolute atomic E-state index is 13.5. The molecule has 186 valence electrons. The number of ketones is 1. The number of thioether (sulfide) groups is 1. The number of Topliss-reactive ketones (excluding diaryl/α,β-unsaturated/α-hetero) is 1. The number of rotatable bonds is 7. The molecule has 0 aliphatic heterocycles. The van der Waals surface area contributed by atoms with E-state index in [0.29, 0.717) is 23.2 Å². The Morgan fingerprint density at radius 3 is 2.78 bits per heavy atom. The number of fused-ring (bicyclic) bond motifs is 3. The summed E-state index contributed by atoms with van der Waals surface area (Å²) < 4.78 is 4.78. The van der Waals surface area contributed by atoms with E-state index in [1.807, 2.05) is 44.2 Å². The molecule has 0 fully saturated rings. The number of carbonyl (C=O) groups is 1. The van der Waals surface area contributed by atoms with Gasteiger partial charge in [-0.25, -0.2) is 4.98 Å². The van der Waals surface area contributed by atoms with Crippen LogP contribution in [0, 0.1) is 19.8 Å². The molecule has 1 aromatic carbocycles. The normalized spacial score (nSPS) is 15.3. The van der Waals surface area contributed by atoms with E-state index in [4.69, 9.17) is 4.98 Å². The third-order valence-electron chi connectivity index (χ3n) is 6.84. The molecule has 0 N–H and O–H groups in total. The summed E-state index contributed by atoms with van der Waals surface area (Å²) in [7, 11) is 0. The molecule has 0 saturated carbocycles. The van der Waals surface area contributed by atoms with Crippen molar-refractivity contribution in [1.82, 2.24) is 14.1 Å². The molecule has 0 spiro atoms. The molecule has 0 radical (unpaired) electrons. The van der Waals surface area contributed by atoms with Gasteiger partial charge in [-0.05, 0) is 74.9 Å². The topological polar surface area (TPSA) is 56.9 Å². The van der Waals surface area contributed by atoms with Gasteiger partial charge in [-0.1, -0.05) is 40.7 Å². The molecule has 3 heterocycles. The SMILES string of the molecule is C=CCn1c(SCC(=O)c2cc(C)n(-c3ccc(Br)cc3)c2C)nc2sc3c(c2c1=O)CC[C@@H](C)C3. The summed E-state index contributed by atoms with van der Waals surface area (Å²) in [6.07, 6.45) is 4.75. The highest BCUT2D eigenvalue weighted by atomic mass is 79.9. The molecule has 0 amide bonds. The van der Waals surface area contributed by atoms with Gasteiger partial charge in [0.05, 0.1) is 11.1 Å². The summed E-state index contributed by atoms with van der Waals surface area (Å²) in [6.45, 7) is 10.5. The molecule has 36 heavy (non-hydrogen) atoms. The Morgan fingerprint density at radius 1 is 1.31 bits per heavy atom. The van der Waals surface area contributed by atoms with Crippen LogP contribution >= 0.6 is 39.0 Å². The minimum Gasteiger partial charge on any atom is -0.318 e. The number of halogens is 1. The van der Waals surface area contributed by atoms with E-state index in [0.717, 1.165) is 51.0 Å². The van der Waals surface area contributed by atoms with Crippen molar-refractivity contribution < 1.29 is 4.79 Å². The van der Waals surface area contributed by atoms with Gasteiger partial charge in [-0.3, -0.25) is 14.2 Å². The largest absolute Gasteiger partial charge is 0.318 e. The van der Waals surface area contributed by atoms with Crippen molar-refractivity contribution >= 4 is 55.0 Å². The van der Waals surface area contributed by atoms with Gasteiger partial charge in [-0.15, -0.1) is 17.9 Å². The number of aromatic nitrogens is 3. The Morgan fingerprint density at radius 2 is 2.06 bits per heavy atom. The highest BCUT2D eigenvalue weighted by molar-refractivity contribution is 9.10. The Hall–Kier alpha value is -2.42. The molecule has 1 atom stereocenters. The van der Waals surface area contributed by atoms with E-state index in [1.54, 1.807) is 22.0 Å². The maximum Gasteiger partial charge on any atom is 0.263 e. The van der Waals surface area contributed by atoms with Crippen molar-refractivity contribution in [3.05, 3.63) is 85.2 Å². The summed E-state index contributed by atoms with van der Waals surface area (Å²) in [4.78, 5) is 33.8. The lowest BCUT2D eigenvalue weighted by Gasteiger charge is -2.17. The minimum atomic E-state index is -0.0182. The zero-order chi connectivity index (χ0) is 25.6. The van der Waals surface area contributed by atoms with E-state index < -0.39 is 0 Å². The molecule has 8 heteroatoms. The first kappa shape index (κ1) is 25.2. The molecular weight excluding hydrogens is 554 g/mol. The van der Waals surface area contributed by atoms with Gasteiger partial charge in [-0.2, -0.15) is 0 Å². The maximum atomic E-state index is 13.5. The first-order valence-corrected chi connectivity index (χ1v) is 14.6. The van der Waals surface area contributed by atoms with Crippen molar-refractivity contribution in [1.29, 1.82) is 0 Å². The van der Waals surface area contributed by atoms with Crippen LogP contribution in [0.25, 0.3) is 15.9 Å². The standard InChI is InChI=1S/C28H28BrN3O2S2/c1-5-12-31-27(34)25-21-11-6-16(2)13-24(21)36-26(25)30-28(31)35-15-23(33)22-14-17(3)32(18(22)4)20-9-7-19(29)8-10-20/h5,7-10,14,16H,1,6,11-13,15H2,2-4H3/t16-/m1/s1. The zero-order valence-electron chi connectivity index (χ0n) is 20.6. The van der Waals surface area contributed by atoms with Crippen molar-refractivity contribution in [2.75, 3.05) is 5.75 Å². The highest BCUT2D eigenvalue weighted by Gasteiger charge is 2.25. The average Bonchev–Trinajstić information content (AvgIpc) is 3.36. The van der Waals surface area contributed by atoms with E-state index in [9.17, 15) is 9.59 Å². The molecule has 3 aromatic heterocycles. The van der Waals surface area contributed by atoms with Gasteiger partial charge in [0.2, 0.25) is 0 Å². The average molecular weight is 583 g/mol. The van der Waals surface area contributed by atoms with Crippen molar-refractivity contribution in [2.45, 2.75) is 51.7 Å². The fourth-order valence-corrected chi connectivity index (χ4v) is 7.63. The van der Waals surface area contributed by atoms with Gasteiger partial charge in [0.25, 0.3) is 5.56 Å². The molecule has 0 saturated heterocycles. The van der Waals surface area contributed by atoms with Crippen LogP contribution in [0.1, 0.15) is 45.5 Å². The Labute approximate surface area is 227 Å². The van der Waals surface area contributed by atoms with Gasteiger partial charge >= 0.3 is 0 Å². The van der Waals surface area contributed by atoms with Gasteiger partial charge in [0, 0.05) is 38.5 Å². The van der Waals surface area contributed by atoms with Crippen LogP contribution in [0.15, 0.2) is 57.4 Å². The van der Waals surface area contributed by atoms with Gasteiger partial charge in [0.1, 0.15) is 4.83 Å². The molecule has 1 aliphatic rings. The molecule has 5 nitrogen and oxygen atoms in total. The number of benzene rings is 1. The van der Waals surface area contributed by atoms with Crippen LogP contribution in [-0.2, 0) is 19.4 Å². The second-order valence-corrected chi connectivity index (χ2v) is 12.4. The smallest absolute Gasteiger partial charge is 0.263 e. The quantitative estimate of drug-likeness (QED) is 0.103. The molecule has 1 aliphatic carbocycles. The highest BCUT2D eigenvalue weighted by Crippen LogP contribution is 2.36. The van der Waals surface area contributed by atoms with Crippen LogP contribution in [0.3, 0.4) is 0 Å². The predicted octanol–water partition coefficient (Wildman–Crippen LogP) is 6.91. The monoisotopic (exact) mass is 581 g/mol. The zero-order valence-corrected chi connectivity index (χ0v) is 23.9. The Bertz CT molecular complexity index is 1550. The number of hydrogen-bond donors (Lipinski definition) is 0. The molecule has 0 bridgehead atoms. The molecule has 5 rings (SSSR count). The van der Waals surface area contributed by atoms with Gasteiger partial charge < -0.3 is 4.57 Å². The summed E-state index contributed by atoms with van der Waals surface area (Å²) in [5, 5.41) is 1.34. The molecular formula is C28H28BrN3O2S2. The summed E-state index contributed by atoms with van der Waals surface area (Å²) >= 11 is 6.45. The predicted molar refractivity (Wildman–Crippen MR) is 153 cm³/mol. The first-order chi connectivity index (χ1) is 17.3. The van der Waals surface area contributed by atoms with Gasteiger partial charge in [0.15, 0.2) is 10.9 Å². The minimum absolute atomic E-state index is 0.0182.